The Morgan fingerprint density at radius 3 is 2.61 bits per heavy atom. The Hall–Kier alpha value is -2.05. The van der Waals surface area contributed by atoms with Crippen molar-refractivity contribution in [2.75, 3.05) is 31.2 Å². The van der Waals surface area contributed by atoms with Crippen LogP contribution in [0, 0.1) is 6.92 Å². The molecule has 1 saturated heterocycles. The van der Waals surface area contributed by atoms with Crippen LogP contribution in [0.3, 0.4) is 0 Å². The second kappa shape index (κ2) is 6.22. The molecule has 1 aliphatic rings. The van der Waals surface area contributed by atoms with Gasteiger partial charge in [-0.2, -0.15) is 0 Å². The number of fused-ring (bicyclic) bond motifs is 1. The third-order valence-electron chi connectivity index (χ3n) is 3.94. The van der Waals surface area contributed by atoms with Gasteiger partial charge in [0.15, 0.2) is 0 Å². The van der Waals surface area contributed by atoms with E-state index in [0.717, 1.165) is 47.9 Å². The van der Waals surface area contributed by atoms with Crippen LogP contribution in [-0.2, 0) is 4.74 Å². The smallest absolute Gasteiger partial charge is 0.149 e. The van der Waals surface area contributed by atoms with E-state index in [1.54, 1.807) is 11.8 Å². The molecule has 2 heterocycles. The Kier molecular flexibility index (Phi) is 3.93. The average molecular weight is 327 g/mol. The zero-order chi connectivity index (χ0) is 15.6. The van der Waals surface area contributed by atoms with Crippen LogP contribution in [0.15, 0.2) is 50.8 Å². The van der Waals surface area contributed by atoms with Gasteiger partial charge in [-0.1, -0.05) is 29.5 Å². The predicted molar refractivity (Wildman–Crippen MR) is 90.1 cm³/mol. The van der Waals surface area contributed by atoms with Crippen molar-refractivity contribution in [3.05, 3.63) is 42.0 Å². The Labute approximate surface area is 138 Å². The van der Waals surface area contributed by atoms with Gasteiger partial charge < -0.3 is 9.64 Å². The van der Waals surface area contributed by atoms with E-state index in [2.05, 4.69) is 52.5 Å². The van der Waals surface area contributed by atoms with E-state index in [1.165, 1.54) is 10.5 Å². The highest BCUT2D eigenvalue weighted by molar-refractivity contribution is 7.99. The minimum absolute atomic E-state index is 0.759. The Bertz CT molecular complexity index is 810. The molecule has 1 aromatic heterocycles. The SMILES string of the molecule is Cc1ccc(Sc2cc(N3CCOCC3)cc3nonc23)cc1. The molecule has 118 valence electrons. The van der Waals surface area contributed by atoms with Gasteiger partial charge in [0.25, 0.3) is 0 Å². The number of benzene rings is 2. The molecule has 1 aliphatic heterocycles. The molecule has 0 bridgehead atoms. The van der Waals surface area contributed by atoms with Gasteiger partial charge in [0, 0.05) is 28.6 Å². The molecule has 0 N–H and O–H groups in total. The van der Waals surface area contributed by atoms with Gasteiger partial charge in [-0.3, -0.25) is 0 Å². The van der Waals surface area contributed by atoms with Crippen LogP contribution >= 0.6 is 11.8 Å². The van der Waals surface area contributed by atoms with E-state index in [9.17, 15) is 0 Å². The van der Waals surface area contributed by atoms with Crippen LogP contribution in [0.4, 0.5) is 5.69 Å². The van der Waals surface area contributed by atoms with Crippen molar-refractivity contribution in [1.82, 2.24) is 10.3 Å². The Balaban J connectivity index is 1.71. The topological polar surface area (TPSA) is 51.4 Å². The van der Waals surface area contributed by atoms with Crippen molar-refractivity contribution in [3.8, 4) is 0 Å². The lowest BCUT2D eigenvalue weighted by Gasteiger charge is -2.29. The lowest BCUT2D eigenvalue weighted by atomic mass is 10.2. The van der Waals surface area contributed by atoms with Crippen LogP contribution in [0.1, 0.15) is 5.56 Å². The highest BCUT2D eigenvalue weighted by Crippen LogP contribution is 2.36. The first-order valence-electron chi connectivity index (χ1n) is 7.63. The lowest BCUT2D eigenvalue weighted by molar-refractivity contribution is 0.122. The molecular weight excluding hydrogens is 310 g/mol. The second-order valence-corrected chi connectivity index (χ2v) is 6.71. The minimum atomic E-state index is 0.759. The fourth-order valence-corrected chi connectivity index (χ4v) is 3.61. The number of aryl methyl sites for hydroxylation is 1. The van der Waals surface area contributed by atoms with E-state index in [-0.39, 0.29) is 0 Å². The number of ether oxygens (including phenoxy) is 1. The first-order chi connectivity index (χ1) is 11.3. The minimum Gasteiger partial charge on any atom is -0.378 e. The van der Waals surface area contributed by atoms with E-state index in [4.69, 9.17) is 9.37 Å². The summed E-state index contributed by atoms with van der Waals surface area (Å²) in [5.41, 5.74) is 4.01. The number of morpholine rings is 1. The molecule has 23 heavy (non-hydrogen) atoms. The summed E-state index contributed by atoms with van der Waals surface area (Å²) in [6, 6.07) is 12.7. The van der Waals surface area contributed by atoms with E-state index in [1.807, 2.05) is 6.07 Å². The van der Waals surface area contributed by atoms with Crippen molar-refractivity contribution < 1.29 is 9.37 Å². The third-order valence-corrected chi connectivity index (χ3v) is 4.97. The van der Waals surface area contributed by atoms with Gasteiger partial charge in [0.2, 0.25) is 0 Å². The van der Waals surface area contributed by atoms with Crippen molar-refractivity contribution in [3.63, 3.8) is 0 Å². The molecule has 0 unspecified atom stereocenters. The molecule has 5 nitrogen and oxygen atoms in total. The van der Waals surface area contributed by atoms with Crippen LogP contribution in [0.25, 0.3) is 11.0 Å². The first-order valence-corrected chi connectivity index (χ1v) is 8.45. The number of anilines is 1. The standard InChI is InChI=1S/C17H17N3O2S/c1-12-2-4-14(5-3-12)23-16-11-13(20-6-8-21-9-7-20)10-15-17(16)19-22-18-15/h2-5,10-11H,6-9H2,1H3. The average Bonchev–Trinajstić information content (AvgIpc) is 3.06. The molecule has 0 atom stereocenters. The fraction of sp³-hybridized carbons (Fsp3) is 0.294. The number of aromatic nitrogens is 2. The van der Waals surface area contributed by atoms with Gasteiger partial charge in [0.05, 0.1) is 13.2 Å². The molecule has 2 aromatic carbocycles. The third kappa shape index (κ3) is 3.04. The summed E-state index contributed by atoms with van der Waals surface area (Å²) in [5, 5.41) is 8.10. The summed E-state index contributed by atoms with van der Waals surface area (Å²) >= 11 is 1.69. The fourth-order valence-electron chi connectivity index (χ4n) is 2.66. The maximum absolute atomic E-state index is 5.44. The highest BCUT2D eigenvalue weighted by Gasteiger charge is 2.16. The zero-order valence-corrected chi connectivity index (χ0v) is 13.7. The van der Waals surface area contributed by atoms with Gasteiger partial charge in [-0.25, -0.2) is 4.63 Å². The van der Waals surface area contributed by atoms with Gasteiger partial charge in [0.1, 0.15) is 11.0 Å². The molecule has 4 rings (SSSR count). The molecule has 6 heteroatoms. The number of rotatable bonds is 3. The summed E-state index contributed by atoms with van der Waals surface area (Å²) in [6.07, 6.45) is 0. The predicted octanol–water partition coefficient (Wildman–Crippen LogP) is 3.52. The monoisotopic (exact) mass is 327 g/mol. The maximum atomic E-state index is 5.44. The first kappa shape index (κ1) is 14.5. The van der Waals surface area contributed by atoms with Crippen LogP contribution in [0.5, 0.6) is 0 Å². The summed E-state index contributed by atoms with van der Waals surface area (Å²) in [6.45, 7) is 5.40. The largest absolute Gasteiger partial charge is 0.378 e. The van der Waals surface area contributed by atoms with Crippen molar-refractivity contribution in [2.24, 2.45) is 0 Å². The molecule has 0 spiro atoms. The molecule has 0 amide bonds. The van der Waals surface area contributed by atoms with E-state index >= 15 is 0 Å². The highest BCUT2D eigenvalue weighted by atomic mass is 32.2. The number of hydrogen-bond donors (Lipinski definition) is 0. The number of nitrogens with zero attached hydrogens (tertiary/aromatic N) is 3. The molecule has 3 aromatic rings. The zero-order valence-electron chi connectivity index (χ0n) is 12.9. The summed E-state index contributed by atoms with van der Waals surface area (Å²) < 4.78 is 10.4. The Morgan fingerprint density at radius 1 is 1.04 bits per heavy atom. The van der Waals surface area contributed by atoms with Crippen LogP contribution < -0.4 is 4.90 Å². The summed E-state index contributed by atoms with van der Waals surface area (Å²) in [5.74, 6) is 0. The molecule has 0 radical (unpaired) electrons. The number of hydrogen-bond acceptors (Lipinski definition) is 6. The van der Waals surface area contributed by atoms with Crippen molar-refractivity contribution in [1.29, 1.82) is 0 Å². The second-order valence-electron chi connectivity index (χ2n) is 5.59. The van der Waals surface area contributed by atoms with E-state index in [0.29, 0.717) is 0 Å². The van der Waals surface area contributed by atoms with Crippen molar-refractivity contribution >= 4 is 28.5 Å². The molecule has 1 fully saturated rings. The molecule has 0 aliphatic carbocycles. The summed E-state index contributed by atoms with van der Waals surface area (Å²) in [4.78, 5) is 4.56. The van der Waals surface area contributed by atoms with Gasteiger partial charge in [-0.05, 0) is 41.5 Å². The normalized spacial score (nSPS) is 15.3. The lowest BCUT2D eigenvalue weighted by Crippen LogP contribution is -2.36. The Morgan fingerprint density at radius 2 is 1.83 bits per heavy atom. The maximum Gasteiger partial charge on any atom is 0.149 e. The van der Waals surface area contributed by atoms with Gasteiger partial charge in [-0.15, -0.1) is 0 Å². The van der Waals surface area contributed by atoms with Crippen molar-refractivity contribution in [2.45, 2.75) is 16.7 Å². The quantitative estimate of drug-likeness (QED) is 0.733. The molecular formula is C17H17N3O2S. The molecule has 0 saturated carbocycles. The van der Waals surface area contributed by atoms with Crippen LogP contribution in [-0.4, -0.2) is 36.6 Å². The van der Waals surface area contributed by atoms with Gasteiger partial charge >= 0.3 is 0 Å². The van der Waals surface area contributed by atoms with Crippen LogP contribution in [0.2, 0.25) is 0 Å². The summed E-state index contributed by atoms with van der Waals surface area (Å²) in [7, 11) is 0. The van der Waals surface area contributed by atoms with E-state index < -0.39 is 0 Å².